The molecule has 5 heteroatoms. The van der Waals surface area contributed by atoms with Gasteiger partial charge in [0, 0.05) is 18.7 Å². The average Bonchev–Trinajstić information content (AvgIpc) is 2.94. The molecule has 1 heterocycles. The quantitative estimate of drug-likeness (QED) is 0.918. The SMILES string of the molecule is Cc1ccc(N2C[C@H](C(=O)Nc3c(C)cccc3Cl)CC2=O)cc1. The van der Waals surface area contributed by atoms with Gasteiger partial charge in [-0.2, -0.15) is 0 Å². The van der Waals surface area contributed by atoms with E-state index in [0.29, 0.717) is 17.3 Å². The van der Waals surface area contributed by atoms with Gasteiger partial charge in [-0.15, -0.1) is 0 Å². The lowest BCUT2D eigenvalue weighted by Crippen LogP contribution is -2.28. The molecule has 0 unspecified atom stereocenters. The minimum atomic E-state index is -0.380. The number of amides is 2. The molecule has 2 aromatic carbocycles. The van der Waals surface area contributed by atoms with Gasteiger partial charge in [0.1, 0.15) is 0 Å². The second-order valence-electron chi connectivity index (χ2n) is 6.16. The molecule has 3 rings (SSSR count). The van der Waals surface area contributed by atoms with Crippen LogP contribution >= 0.6 is 11.6 Å². The molecule has 124 valence electrons. The maximum atomic E-state index is 12.5. The molecule has 1 N–H and O–H groups in total. The van der Waals surface area contributed by atoms with E-state index in [2.05, 4.69) is 5.32 Å². The molecule has 1 aliphatic heterocycles. The Morgan fingerprint density at radius 2 is 1.88 bits per heavy atom. The number of benzene rings is 2. The average molecular weight is 343 g/mol. The van der Waals surface area contributed by atoms with Crippen LogP contribution in [-0.4, -0.2) is 18.4 Å². The molecule has 1 atom stereocenters. The fourth-order valence-electron chi connectivity index (χ4n) is 2.87. The molecule has 0 spiro atoms. The third kappa shape index (κ3) is 3.29. The number of aryl methyl sites for hydroxylation is 2. The molecule has 0 aliphatic carbocycles. The lowest BCUT2D eigenvalue weighted by Gasteiger charge is -2.17. The smallest absolute Gasteiger partial charge is 0.229 e. The third-order valence-corrected chi connectivity index (χ3v) is 4.63. The van der Waals surface area contributed by atoms with Crippen LogP contribution in [0.4, 0.5) is 11.4 Å². The van der Waals surface area contributed by atoms with E-state index in [9.17, 15) is 9.59 Å². The topological polar surface area (TPSA) is 49.4 Å². The highest BCUT2D eigenvalue weighted by Crippen LogP contribution is 2.29. The molecule has 0 radical (unpaired) electrons. The first kappa shape index (κ1) is 16.5. The number of nitrogens with zero attached hydrogens (tertiary/aromatic N) is 1. The van der Waals surface area contributed by atoms with Crippen LogP contribution in [-0.2, 0) is 9.59 Å². The summed E-state index contributed by atoms with van der Waals surface area (Å²) in [6.07, 6.45) is 0.212. The first-order valence-electron chi connectivity index (χ1n) is 7.88. The molecule has 0 aromatic heterocycles. The number of hydrogen-bond donors (Lipinski definition) is 1. The third-order valence-electron chi connectivity index (χ3n) is 4.31. The van der Waals surface area contributed by atoms with E-state index < -0.39 is 0 Å². The summed E-state index contributed by atoms with van der Waals surface area (Å²) in [4.78, 5) is 26.5. The lowest BCUT2D eigenvalue weighted by atomic mass is 10.1. The summed E-state index contributed by atoms with van der Waals surface area (Å²) in [5.41, 5.74) is 3.48. The number of halogens is 1. The van der Waals surface area contributed by atoms with E-state index in [4.69, 9.17) is 11.6 Å². The van der Waals surface area contributed by atoms with Crippen molar-refractivity contribution in [1.82, 2.24) is 0 Å². The van der Waals surface area contributed by atoms with Crippen LogP contribution in [0.15, 0.2) is 42.5 Å². The van der Waals surface area contributed by atoms with Crippen LogP contribution < -0.4 is 10.2 Å². The van der Waals surface area contributed by atoms with Gasteiger partial charge in [0.05, 0.1) is 16.6 Å². The lowest BCUT2D eigenvalue weighted by molar-refractivity contribution is -0.122. The summed E-state index contributed by atoms with van der Waals surface area (Å²) in [6.45, 7) is 4.27. The zero-order valence-electron chi connectivity index (χ0n) is 13.7. The highest BCUT2D eigenvalue weighted by atomic mass is 35.5. The Labute approximate surface area is 146 Å². The summed E-state index contributed by atoms with van der Waals surface area (Å²) >= 11 is 6.16. The fraction of sp³-hybridized carbons (Fsp3) is 0.263. The number of nitrogens with one attached hydrogen (secondary N) is 1. The number of carbonyl (C=O) groups is 2. The van der Waals surface area contributed by atoms with E-state index in [-0.39, 0.29) is 24.2 Å². The van der Waals surface area contributed by atoms with Crippen molar-refractivity contribution in [3.05, 3.63) is 58.6 Å². The van der Waals surface area contributed by atoms with Crippen molar-refractivity contribution in [3.63, 3.8) is 0 Å². The molecule has 1 aliphatic rings. The first-order valence-corrected chi connectivity index (χ1v) is 8.26. The van der Waals surface area contributed by atoms with Crippen LogP contribution in [0, 0.1) is 19.8 Å². The van der Waals surface area contributed by atoms with Gasteiger partial charge >= 0.3 is 0 Å². The Morgan fingerprint density at radius 3 is 2.54 bits per heavy atom. The number of rotatable bonds is 3. The van der Waals surface area contributed by atoms with Gasteiger partial charge in [-0.1, -0.05) is 41.4 Å². The molecule has 4 nitrogen and oxygen atoms in total. The van der Waals surface area contributed by atoms with Crippen LogP contribution in [0.1, 0.15) is 17.5 Å². The summed E-state index contributed by atoms with van der Waals surface area (Å²) in [5.74, 6) is -0.585. The molecule has 0 bridgehead atoms. The summed E-state index contributed by atoms with van der Waals surface area (Å²) < 4.78 is 0. The van der Waals surface area contributed by atoms with Gasteiger partial charge in [0.2, 0.25) is 11.8 Å². The molecule has 2 amide bonds. The molecular formula is C19H19ClN2O2. The molecular weight excluding hydrogens is 324 g/mol. The van der Waals surface area contributed by atoms with Crippen molar-refractivity contribution < 1.29 is 9.59 Å². The standard InChI is InChI=1S/C19H19ClN2O2/c1-12-6-8-15(9-7-12)22-11-14(10-17(22)23)19(24)21-18-13(2)4-3-5-16(18)20/h3-9,14H,10-11H2,1-2H3,(H,21,24)/t14-/m1/s1. The van der Waals surface area contributed by atoms with Crippen LogP contribution in [0.25, 0.3) is 0 Å². The van der Waals surface area contributed by atoms with Crippen LogP contribution in [0.2, 0.25) is 5.02 Å². The monoisotopic (exact) mass is 342 g/mol. The molecule has 1 fully saturated rings. The number of anilines is 2. The van der Waals surface area contributed by atoms with Crippen LogP contribution in [0.5, 0.6) is 0 Å². The predicted octanol–water partition coefficient (Wildman–Crippen LogP) is 3.95. The van der Waals surface area contributed by atoms with Crippen molar-refractivity contribution in [3.8, 4) is 0 Å². The maximum absolute atomic E-state index is 12.5. The second kappa shape index (κ2) is 6.65. The van der Waals surface area contributed by atoms with Crippen molar-refractivity contribution >= 4 is 34.8 Å². The molecule has 24 heavy (non-hydrogen) atoms. The van der Waals surface area contributed by atoms with Gasteiger partial charge < -0.3 is 10.2 Å². The molecule has 1 saturated heterocycles. The van der Waals surface area contributed by atoms with Gasteiger partial charge in [-0.25, -0.2) is 0 Å². The van der Waals surface area contributed by atoms with Crippen molar-refractivity contribution in [1.29, 1.82) is 0 Å². The van der Waals surface area contributed by atoms with E-state index >= 15 is 0 Å². The zero-order chi connectivity index (χ0) is 17.3. The van der Waals surface area contributed by atoms with Gasteiger partial charge in [0.15, 0.2) is 0 Å². The van der Waals surface area contributed by atoms with Crippen molar-refractivity contribution in [2.45, 2.75) is 20.3 Å². The Balaban J connectivity index is 1.73. The Morgan fingerprint density at radius 1 is 1.17 bits per heavy atom. The number of para-hydroxylation sites is 1. The minimum Gasteiger partial charge on any atom is -0.324 e. The van der Waals surface area contributed by atoms with Gasteiger partial charge in [-0.05, 0) is 37.6 Å². The summed E-state index contributed by atoms with van der Waals surface area (Å²) in [7, 11) is 0. The second-order valence-corrected chi connectivity index (χ2v) is 6.57. The zero-order valence-corrected chi connectivity index (χ0v) is 14.4. The van der Waals surface area contributed by atoms with Crippen molar-refractivity contribution in [2.24, 2.45) is 5.92 Å². The Kier molecular flexibility index (Phi) is 4.58. The largest absolute Gasteiger partial charge is 0.324 e. The predicted molar refractivity (Wildman–Crippen MR) is 96.5 cm³/mol. The van der Waals surface area contributed by atoms with E-state index in [1.807, 2.05) is 50.2 Å². The molecule has 2 aromatic rings. The highest BCUT2D eigenvalue weighted by Gasteiger charge is 2.35. The van der Waals surface area contributed by atoms with E-state index in [1.54, 1.807) is 11.0 Å². The first-order chi connectivity index (χ1) is 11.5. The Hall–Kier alpha value is -2.33. The fourth-order valence-corrected chi connectivity index (χ4v) is 3.14. The maximum Gasteiger partial charge on any atom is 0.229 e. The normalized spacial score (nSPS) is 17.2. The minimum absolute atomic E-state index is 0.0325. The van der Waals surface area contributed by atoms with Gasteiger partial charge in [0.25, 0.3) is 0 Å². The highest BCUT2D eigenvalue weighted by molar-refractivity contribution is 6.34. The number of carbonyl (C=O) groups excluding carboxylic acids is 2. The Bertz CT molecular complexity index is 766. The van der Waals surface area contributed by atoms with Gasteiger partial charge in [-0.3, -0.25) is 9.59 Å². The molecule has 0 saturated carbocycles. The van der Waals surface area contributed by atoms with E-state index in [0.717, 1.165) is 16.8 Å². The number of hydrogen-bond acceptors (Lipinski definition) is 2. The van der Waals surface area contributed by atoms with Crippen molar-refractivity contribution in [2.75, 3.05) is 16.8 Å². The van der Waals surface area contributed by atoms with Crippen LogP contribution in [0.3, 0.4) is 0 Å². The summed E-state index contributed by atoms with van der Waals surface area (Å²) in [5, 5.41) is 3.38. The van der Waals surface area contributed by atoms with E-state index in [1.165, 1.54) is 0 Å². The summed E-state index contributed by atoms with van der Waals surface area (Å²) in [6, 6.07) is 13.2.